The van der Waals surface area contributed by atoms with Gasteiger partial charge in [0.05, 0.1) is 24.6 Å². The second-order valence-corrected chi connectivity index (χ2v) is 9.28. The number of nitrogens with one attached hydrogen (secondary N) is 1. The minimum atomic E-state index is -0.123. The molecule has 2 aromatic rings. The Labute approximate surface area is 179 Å². The highest BCUT2D eigenvalue weighted by Crippen LogP contribution is 2.45. The molecule has 1 spiro atoms. The summed E-state index contributed by atoms with van der Waals surface area (Å²) < 4.78 is 10.8. The van der Waals surface area contributed by atoms with Gasteiger partial charge in [0.15, 0.2) is 0 Å². The first-order chi connectivity index (χ1) is 15.1. The zero-order valence-corrected chi connectivity index (χ0v) is 17.6. The number of hydrogen-bond acceptors (Lipinski definition) is 7. The fourth-order valence-electron chi connectivity index (χ4n) is 5.31. The first kappa shape index (κ1) is 19.0. The fraction of sp³-hybridized carbons (Fsp3) is 0.636. The molecular weight excluding hydrogens is 398 g/mol. The van der Waals surface area contributed by atoms with E-state index in [0.29, 0.717) is 43.9 Å². The summed E-state index contributed by atoms with van der Waals surface area (Å²) in [6.07, 6.45) is 5.56. The zero-order valence-electron chi connectivity index (χ0n) is 17.6. The molecule has 0 radical (unpaired) electrons. The van der Waals surface area contributed by atoms with E-state index in [1.54, 1.807) is 0 Å². The van der Waals surface area contributed by atoms with Gasteiger partial charge in [-0.15, -0.1) is 0 Å². The van der Waals surface area contributed by atoms with Crippen molar-refractivity contribution in [1.29, 1.82) is 0 Å². The number of aromatic nitrogens is 3. The van der Waals surface area contributed by atoms with Gasteiger partial charge in [-0.05, 0) is 38.5 Å². The molecule has 0 aromatic carbocycles. The maximum absolute atomic E-state index is 12.9. The monoisotopic (exact) mass is 425 g/mol. The van der Waals surface area contributed by atoms with Crippen LogP contribution in [0.25, 0.3) is 0 Å². The Morgan fingerprint density at radius 3 is 2.65 bits per heavy atom. The molecule has 1 N–H and O–H groups in total. The SMILES string of the molecule is O=C(c1cc(C2CC2)no1)N1CCC2(CCc3c2nc(N2CCOCC2)[nH]c3=O)CC1. The van der Waals surface area contributed by atoms with Crippen LogP contribution in [0.1, 0.15) is 65.5 Å². The van der Waals surface area contributed by atoms with E-state index in [0.717, 1.165) is 68.6 Å². The van der Waals surface area contributed by atoms with Crippen LogP contribution < -0.4 is 10.5 Å². The van der Waals surface area contributed by atoms with Crippen molar-refractivity contribution in [2.45, 2.75) is 49.9 Å². The lowest BCUT2D eigenvalue weighted by molar-refractivity contribution is 0.0622. The number of morpholine rings is 1. The third-order valence-electron chi connectivity index (χ3n) is 7.41. The highest BCUT2D eigenvalue weighted by molar-refractivity contribution is 5.91. The number of anilines is 1. The van der Waals surface area contributed by atoms with E-state index in [4.69, 9.17) is 14.2 Å². The molecule has 2 aromatic heterocycles. The van der Waals surface area contributed by atoms with Gasteiger partial charge in [0, 0.05) is 49.1 Å². The molecule has 0 atom stereocenters. The Hall–Kier alpha value is -2.68. The predicted octanol–water partition coefficient (Wildman–Crippen LogP) is 1.59. The molecule has 2 aliphatic heterocycles. The van der Waals surface area contributed by atoms with Crippen molar-refractivity contribution in [2.24, 2.45) is 0 Å². The van der Waals surface area contributed by atoms with Gasteiger partial charge in [-0.25, -0.2) is 4.98 Å². The summed E-state index contributed by atoms with van der Waals surface area (Å²) in [5.41, 5.74) is 2.53. The minimum absolute atomic E-state index is 0.0175. The number of H-pyrrole nitrogens is 1. The molecule has 3 fully saturated rings. The van der Waals surface area contributed by atoms with Crippen molar-refractivity contribution in [1.82, 2.24) is 20.0 Å². The van der Waals surface area contributed by atoms with E-state index in [1.807, 2.05) is 11.0 Å². The molecule has 1 saturated carbocycles. The minimum Gasteiger partial charge on any atom is -0.378 e. The molecule has 4 heterocycles. The molecule has 9 heteroatoms. The number of likely N-dealkylation sites (tertiary alicyclic amines) is 1. The van der Waals surface area contributed by atoms with Crippen molar-refractivity contribution in [3.63, 3.8) is 0 Å². The third-order valence-corrected chi connectivity index (χ3v) is 7.41. The predicted molar refractivity (Wildman–Crippen MR) is 112 cm³/mol. The molecule has 0 unspecified atom stereocenters. The van der Waals surface area contributed by atoms with Crippen molar-refractivity contribution in [3.05, 3.63) is 39.1 Å². The smallest absolute Gasteiger partial charge is 0.292 e. The second kappa shape index (κ2) is 7.19. The number of amides is 1. The van der Waals surface area contributed by atoms with E-state index >= 15 is 0 Å². The van der Waals surface area contributed by atoms with Crippen LogP contribution in [0, 0.1) is 0 Å². The average Bonchev–Trinajstić information content (AvgIpc) is 3.43. The van der Waals surface area contributed by atoms with Crippen molar-refractivity contribution >= 4 is 11.9 Å². The van der Waals surface area contributed by atoms with E-state index in [9.17, 15) is 9.59 Å². The van der Waals surface area contributed by atoms with Gasteiger partial charge in [-0.1, -0.05) is 5.16 Å². The Morgan fingerprint density at radius 1 is 1.13 bits per heavy atom. The molecule has 9 nitrogen and oxygen atoms in total. The van der Waals surface area contributed by atoms with Gasteiger partial charge in [-0.2, -0.15) is 0 Å². The lowest BCUT2D eigenvalue weighted by Crippen LogP contribution is -2.45. The topological polar surface area (TPSA) is 105 Å². The molecule has 31 heavy (non-hydrogen) atoms. The van der Waals surface area contributed by atoms with E-state index in [2.05, 4.69) is 15.0 Å². The van der Waals surface area contributed by atoms with Gasteiger partial charge in [0.1, 0.15) is 0 Å². The Bertz CT molecular complexity index is 1060. The van der Waals surface area contributed by atoms with Crippen LogP contribution in [0.3, 0.4) is 0 Å². The lowest BCUT2D eigenvalue weighted by Gasteiger charge is -2.39. The van der Waals surface area contributed by atoms with Crippen LogP contribution in [0.15, 0.2) is 15.4 Å². The lowest BCUT2D eigenvalue weighted by atomic mass is 9.76. The highest BCUT2D eigenvalue weighted by atomic mass is 16.5. The maximum Gasteiger partial charge on any atom is 0.292 e. The van der Waals surface area contributed by atoms with Crippen molar-refractivity contribution in [3.8, 4) is 0 Å². The molecule has 6 rings (SSSR count). The van der Waals surface area contributed by atoms with Crippen LogP contribution in [-0.4, -0.2) is 65.3 Å². The summed E-state index contributed by atoms with van der Waals surface area (Å²) >= 11 is 0. The summed E-state index contributed by atoms with van der Waals surface area (Å²) in [7, 11) is 0. The normalized spacial score (nSPS) is 22.7. The van der Waals surface area contributed by atoms with E-state index < -0.39 is 0 Å². The van der Waals surface area contributed by atoms with Gasteiger partial charge >= 0.3 is 0 Å². The number of fused-ring (bicyclic) bond motifs is 2. The van der Waals surface area contributed by atoms with E-state index in [1.165, 1.54) is 0 Å². The summed E-state index contributed by atoms with van der Waals surface area (Å²) in [4.78, 5) is 37.6. The van der Waals surface area contributed by atoms with Gasteiger partial charge in [0.25, 0.3) is 11.5 Å². The van der Waals surface area contributed by atoms with Crippen LogP contribution >= 0.6 is 0 Å². The Morgan fingerprint density at radius 2 is 1.90 bits per heavy atom. The zero-order chi connectivity index (χ0) is 21.0. The Balaban J connectivity index is 1.21. The maximum atomic E-state index is 12.9. The van der Waals surface area contributed by atoms with E-state index in [-0.39, 0.29) is 16.9 Å². The molecule has 2 saturated heterocycles. The largest absolute Gasteiger partial charge is 0.378 e. The molecule has 2 aliphatic carbocycles. The average molecular weight is 425 g/mol. The van der Waals surface area contributed by atoms with Crippen LogP contribution in [0.2, 0.25) is 0 Å². The Kier molecular flexibility index (Phi) is 4.41. The number of carbonyl (C=O) groups excluding carboxylic acids is 1. The number of piperidine rings is 1. The third kappa shape index (κ3) is 3.26. The molecular formula is C22H27N5O4. The van der Waals surface area contributed by atoms with Crippen LogP contribution in [0.4, 0.5) is 5.95 Å². The number of ether oxygens (including phenoxy) is 1. The summed E-state index contributed by atoms with van der Waals surface area (Å²) in [6.45, 7) is 4.03. The molecule has 1 amide bonds. The van der Waals surface area contributed by atoms with Crippen molar-refractivity contribution < 1.29 is 14.1 Å². The first-order valence-corrected chi connectivity index (χ1v) is 11.4. The first-order valence-electron chi connectivity index (χ1n) is 11.4. The molecule has 4 aliphatic rings. The number of rotatable bonds is 3. The number of carbonyl (C=O) groups is 1. The quantitative estimate of drug-likeness (QED) is 0.796. The highest BCUT2D eigenvalue weighted by Gasteiger charge is 2.45. The van der Waals surface area contributed by atoms with Crippen LogP contribution in [-0.2, 0) is 16.6 Å². The summed E-state index contributed by atoms with van der Waals surface area (Å²) in [5.74, 6) is 1.38. The standard InChI is InChI=1S/C22H27N5O4/c28-19-15-3-4-22(18(15)23-21(24-19)27-9-11-30-12-10-27)5-7-26(8-6-22)20(29)17-13-16(25-31-17)14-1-2-14/h13-14H,1-12H2,(H,23,24,28). The van der Waals surface area contributed by atoms with Gasteiger partial charge < -0.3 is 19.1 Å². The summed E-state index contributed by atoms with van der Waals surface area (Å²) in [6, 6.07) is 1.81. The molecule has 0 bridgehead atoms. The van der Waals surface area contributed by atoms with Crippen molar-refractivity contribution in [2.75, 3.05) is 44.3 Å². The van der Waals surface area contributed by atoms with Gasteiger partial charge in [-0.3, -0.25) is 14.6 Å². The summed E-state index contributed by atoms with van der Waals surface area (Å²) in [5, 5.41) is 4.07. The number of aromatic amines is 1. The van der Waals surface area contributed by atoms with Crippen LogP contribution in [0.5, 0.6) is 0 Å². The van der Waals surface area contributed by atoms with Gasteiger partial charge in [0.2, 0.25) is 11.7 Å². The fourth-order valence-corrected chi connectivity index (χ4v) is 5.31. The molecule has 164 valence electrons. The second-order valence-electron chi connectivity index (χ2n) is 9.28. The number of hydrogen-bond donors (Lipinski definition) is 1. The number of nitrogens with zero attached hydrogens (tertiary/aromatic N) is 4.